The fourth-order valence-electron chi connectivity index (χ4n) is 2.35. The van der Waals surface area contributed by atoms with Gasteiger partial charge in [-0.1, -0.05) is 18.2 Å². The van der Waals surface area contributed by atoms with Crippen molar-refractivity contribution in [3.8, 4) is 34.0 Å². The molecule has 0 fully saturated rings. The molecule has 0 aliphatic rings. The number of aromatic nitrogens is 2. The van der Waals surface area contributed by atoms with Crippen LogP contribution in [0, 0.1) is 0 Å². The maximum absolute atomic E-state index is 6.01. The van der Waals surface area contributed by atoms with E-state index < -0.39 is 0 Å². The van der Waals surface area contributed by atoms with Crippen molar-refractivity contribution in [2.45, 2.75) is 0 Å². The number of benzene rings is 2. The van der Waals surface area contributed by atoms with E-state index in [1.165, 1.54) is 0 Å². The molecule has 0 saturated carbocycles. The number of nitrogens with zero attached hydrogens (tertiary/aromatic N) is 1. The van der Waals surface area contributed by atoms with E-state index in [4.69, 9.17) is 15.2 Å². The minimum absolute atomic E-state index is 0.707. The molecule has 0 aliphatic carbocycles. The van der Waals surface area contributed by atoms with Gasteiger partial charge in [-0.3, -0.25) is 5.10 Å². The smallest absolute Gasteiger partial charge is 0.132 e. The first-order valence-electron chi connectivity index (χ1n) is 6.85. The molecule has 0 atom stereocenters. The van der Waals surface area contributed by atoms with E-state index in [2.05, 4.69) is 10.2 Å². The molecular weight excluding hydrogens is 278 g/mol. The summed E-state index contributed by atoms with van der Waals surface area (Å²) in [7, 11) is 3.25. The molecule has 3 N–H and O–H groups in total. The van der Waals surface area contributed by atoms with Crippen molar-refractivity contribution in [3.05, 3.63) is 48.5 Å². The van der Waals surface area contributed by atoms with E-state index in [1.807, 2.05) is 48.5 Å². The summed E-state index contributed by atoms with van der Waals surface area (Å²) in [5.74, 6) is 1.45. The largest absolute Gasteiger partial charge is 0.497 e. The highest BCUT2D eigenvalue weighted by molar-refractivity contribution is 5.78. The molecule has 0 radical (unpaired) electrons. The highest BCUT2D eigenvalue weighted by Gasteiger charge is 2.12. The summed E-state index contributed by atoms with van der Waals surface area (Å²) in [4.78, 5) is 0. The third kappa shape index (κ3) is 2.48. The van der Waals surface area contributed by atoms with Crippen LogP contribution in [0.3, 0.4) is 0 Å². The molecule has 112 valence electrons. The monoisotopic (exact) mass is 295 g/mol. The van der Waals surface area contributed by atoms with Gasteiger partial charge in [-0.05, 0) is 24.3 Å². The number of hydrogen-bond acceptors (Lipinski definition) is 4. The van der Waals surface area contributed by atoms with Gasteiger partial charge in [-0.15, -0.1) is 0 Å². The summed E-state index contributed by atoms with van der Waals surface area (Å²) >= 11 is 0. The Kier molecular flexibility index (Phi) is 3.70. The molecule has 5 nitrogen and oxygen atoms in total. The van der Waals surface area contributed by atoms with Gasteiger partial charge in [0, 0.05) is 22.9 Å². The number of nitrogen functional groups attached to an aromatic ring is 1. The van der Waals surface area contributed by atoms with Gasteiger partial charge in [-0.2, -0.15) is 5.10 Å². The number of rotatable bonds is 4. The van der Waals surface area contributed by atoms with Gasteiger partial charge in [0.1, 0.15) is 11.5 Å². The highest BCUT2D eigenvalue weighted by Crippen LogP contribution is 2.34. The van der Waals surface area contributed by atoms with Crippen molar-refractivity contribution in [1.82, 2.24) is 10.2 Å². The SMILES string of the molecule is COc1ccc(-c2cc(-c3ccccc3N)[nH]n2)c(OC)c1. The molecule has 0 aliphatic heterocycles. The average Bonchev–Trinajstić information content (AvgIpc) is 3.04. The van der Waals surface area contributed by atoms with Crippen LogP contribution < -0.4 is 15.2 Å². The predicted molar refractivity (Wildman–Crippen MR) is 87.0 cm³/mol. The standard InChI is InChI=1S/C17H17N3O2/c1-21-11-7-8-13(17(9-11)22-2)16-10-15(19-20-16)12-5-3-4-6-14(12)18/h3-10H,18H2,1-2H3,(H,19,20). The summed E-state index contributed by atoms with van der Waals surface area (Å²) in [6.07, 6.45) is 0. The Bertz CT molecular complexity index is 796. The molecule has 5 heteroatoms. The first-order chi connectivity index (χ1) is 10.7. The van der Waals surface area contributed by atoms with Gasteiger partial charge >= 0.3 is 0 Å². The Balaban J connectivity index is 2.03. The molecule has 0 spiro atoms. The van der Waals surface area contributed by atoms with E-state index in [-0.39, 0.29) is 0 Å². The van der Waals surface area contributed by atoms with Crippen molar-refractivity contribution in [1.29, 1.82) is 0 Å². The fourth-order valence-corrected chi connectivity index (χ4v) is 2.35. The van der Waals surface area contributed by atoms with Crippen molar-refractivity contribution in [2.24, 2.45) is 0 Å². The predicted octanol–water partition coefficient (Wildman–Crippen LogP) is 3.34. The number of nitrogens with two attached hydrogens (primary N) is 1. The molecule has 1 aromatic heterocycles. The first kappa shape index (κ1) is 14.0. The maximum Gasteiger partial charge on any atom is 0.132 e. The van der Waals surface area contributed by atoms with Crippen LogP contribution in [-0.2, 0) is 0 Å². The lowest BCUT2D eigenvalue weighted by Crippen LogP contribution is -1.90. The van der Waals surface area contributed by atoms with E-state index in [1.54, 1.807) is 14.2 Å². The van der Waals surface area contributed by atoms with Gasteiger partial charge in [-0.25, -0.2) is 0 Å². The summed E-state index contributed by atoms with van der Waals surface area (Å²) in [6.45, 7) is 0. The van der Waals surface area contributed by atoms with Gasteiger partial charge in [0.2, 0.25) is 0 Å². The second-order valence-corrected chi connectivity index (χ2v) is 4.82. The summed E-state index contributed by atoms with van der Waals surface area (Å²) in [5, 5.41) is 7.39. The van der Waals surface area contributed by atoms with Gasteiger partial charge in [0.15, 0.2) is 0 Å². The second-order valence-electron chi connectivity index (χ2n) is 4.82. The van der Waals surface area contributed by atoms with Crippen molar-refractivity contribution < 1.29 is 9.47 Å². The van der Waals surface area contributed by atoms with Crippen LogP contribution in [0.25, 0.3) is 22.5 Å². The molecule has 1 heterocycles. The topological polar surface area (TPSA) is 73.2 Å². The van der Waals surface area contributed by atoms with Gasteiger partial charge < -0.3 is 15.2 Å². The minimum atomic E-state index is 0.707. The van der Waals surface area contributed by atoms with Crippen LogP contribution in [0.15, 0.2) is 48.5 Å². The Morgan fingerprint density at radius 2 is 1.77 bits per heavy atom. The lowest BCUT2D eigenvalue weighted by Gasteiger charge is -2.08. The molecular formula is C17H17N3O2. The Morgan fingerprint density at radius 3 is 2.50 bits per heavy atom. The molecule has 0 bridgehead atoms. The van der Waals surface area contributed by atoms with Gasteiger partial charge in [0.05, 0.1) is 25.6 Å². The van der Waals surface area contributed by atoms with E-state index in [0.717, 1.165) is 28.3 Å². The van der Waals surface area contributed by atoms with Crippen LogP contribution in [0.4, 0.5) is 5.69 Å². The van der Waals surface area contributed by atoms with Crippen LogP contribution in [0.2, 0.25) is 0 Å². The molecule has 22 heavy (non-hydrogen) atoms. The summed E-state index contributed by atoms with van der Waals surface area (Å²) in [6, 6.07) is 15.3. The number of anilines is 1. The quantitative estimate of drug-likeness (QED) is 0.724. The third-order valence-electron chi connectivity index (χ3n) is 3.51. The lowest BCUT2D eigenvalue weighted by atomic mass is 10.1. The summed E-state index contributed by atoms with van der Waals surface area (Å²) in [5.41, 5.74) is 10.2. The molecule has 2 aromatic carbocycles. The zero-order chi connectivity index (χ0) is 15.5. The first-order valence-corrected chi connectivity index (χ1v) is 6.85. The van der Waals surface area contributed by atoms with Crippen molar-refractivity contribution in [2.75, 3.05) is 20.0 Å². The number of ether oxygens (including phenoxy) is 2. The Hall–Kier alpha value is -2.95. The Labute approximate surface area is 128 Å². The number of nitrogens with one attached hydrogen (secondary N) is 1. The highest BCUT2D eigenvalue weighted by atomic mass is 16.5. The number of aromatic amines is 1. The van der Waals surface area contributed by atoms with Crippen LogP contribution in [0.5, 0.6) is 11.5 Å². The second kappa shape index (κ2) is 5.81. The maximum atomic E-state index is 6.01. The van der Waals surface area contributed by atoms with E-state index >= 15 is 0 Å². The molecule has 0 amide bonds. The number of para-hydroxylation sites is 1. The number of methoxy groups -OCH3 is 2. The number of H-pyrrole nitrogens is 1. The zero-order valence-corrected chi connectivity index (χ0v) is 12.5. The normalized spacial score (nSPS) is 10.5. The molecule has 0 saturated heterocycles. The average molecular weight is 295 g/mol. The fraction of sp³-hybridized carbons (Fsp3) is 0.118. The summed E-state index contributed by atoms with van der Waals surface area (Å²) < 4.78 is 10.6. The Morgan fingerprint density at radius 1 is 0.955 bits per heavy atom. The number of hydrogen-bond donors (Lipinski definition) is 2. The minimum Gasteiger partial charge on any atom is -0.497 e. The molecule has 0 unspecified atom stereocenters. The molecule has 3 rings (SSSR count). The van der Waals surface area contributed by atoms with E-state index in [9.17, 15) is 0 Å². The molecule has 3 aromatic rings. The lowest BCUT2D eigenvalue weighted by molar-refractivity contribution is 0.395. The van der Waals surface area contributed by atoms with Crippen LogP contribution in [-0.4, -0.2) is 24.4 Å². The van der Waals surface area contributed by atoms with Gasteiger partial charge in [0.25, 0.3) is 0 Å². The van der Waals surface area contributed by atoms with E-state index in [0.29, 0.717) is 11.4 Å². The van der Waals surface area contributed by atoms with Crippen molar-refractivity contribution >= 4 is 5.69 Å². The third-order valence-corrected chi connectivity index (χ3v) is 3.51. The van der Waals surface area contributed by atoms with Crippen LogP contribution >= 0.6 is 0 Å². The van der Waals surface area contributed by atoms with Crippen LogP contribution in [0.1, 0.15) is 0 Å². The zero-order valence-electron chi connectivity index (χ0n) is 12.5. The van der Waals surface area contributed by atoms with Crippen molar-refractivity contribution in [3.63, 3.8) is 0 Å².